The van der Waals surface area contributed by atoms with Crippen molar-refractivity contribution >= 4 is 5.91 Å². The van der Waals surface area contributed by atoms with Crippen LogP contribution in [0.1, 0.15) is 54.4 Å². The molecule has 0 aliphatic carbocycles. The summed E-state index contributed by atoms with van der Waals surface area (Å²) in [5.41, 5.74) is -0.113. The molecule has 0 heterocycles. The number of hydrogen-bond acceptors (Lipinski definition) is 1. The second-order valence-corrected chi connectivity index (χ2v) is 5.38. The predicted molar refractivity (Wildman–Crippen MR) is 61.1 cm³/mol. The third kappa shape index (κ3) is 5.25. The van der Waals surface area contributed by atoms with Crippen LogP contribution in [-0.4, -0.2) is 11.4 Å². The van der Waals surface area contributed by atoms with Crippen LogP contribution in [0.25, 0.3) is 0 Å². The Morgan fingerprint density at radius 2 is 1.79 bits per heavy atom. The summed E-state index contributed by atoms with van der Waals surface area (Å²) in [6.07, 6.45) is 2.06. The van der Waals surface area contributed by atoms with E-state index in [0.29, 0.717) is 5.92 Å². The van der Waals surface area contributed by atoms with Gasteiger partial charge in [0.05, 0.1) is 0 Å². The first-order valence-corrected chi connectivity index (χ1v) is 5.60. The molecule has 1 unspecified atom stereocenters. The highest BCUT2D eigenvalue weighted by atomic mass is 16.2. The van der Waals surface area contributed by atoms with E-state index >= 15 is 0 Å². The average molecular weight is 199 g/mol. The maximum Gasteiger partial charge on any atom is 0.223 e. The van der Waals surface area contributed by atoms with E-state index in [1.54, 1.807) is 0 Å². The zero-order valence-electron chi connectivity index (χ0n) is 10.5. The third-order valence-corrected chi connectivity index (χ3v) is 2.24. The van der Waals surface area contributed by atoms with Gasteiger partial charge >= 0.3 is 0 Å². The molecule has 0 saturated heterocycles. The molecule has 2 heteroatoms. The number of carbonyl (C=O) groups excluding carboxylic acids is 1. The molecule has 0 aromatic rings. The fourth-order valence-electron chi connectivity index (χ4n) is 1.54. The van der Waals surface area contributed by atoms with Crippen LogP contribution in [-0.2, 0) is 4.79 Å². The monoisotopic (exact) mass is 199 g/mol. The van der Waals surface area contributed by atoms with Gasteiger partial charge in [0.25, 0.3) is 0 Å². The lowest BCUT2D eigenvalue weighted by Gasteiger charge is -2.26. The standard InChI is InChI=1S/C12H25NO/c1-7-8-10(9(2)3)11(14)13-12(4,5)6/h9-10H,7-8H2,1-6H3,(H,13,14). The molecule has 0 fully saturated rings. The smallest absolute Gasteiger partial charge is 0.223 e. The molecule has 1 N–H and O–H groups in total. The molecule has 0 aromatic heterocycles. The molecule has 0 rings (SSSR count). The first-order valence-electron chi connectivity index (χ1n) is 5.60. The summed E-state index contributed by atoms with van der Waals surface area (Å²) in [6.45, 7) is 12.4. The van der Waals surface area contributed by atoms with Gasteiger partial charge in [-0.2, -0.15) is 0 Å². The van der Waals surface area contributed by atoms with Gasteiger partial charge in [0.2, 0.25) is 5.91 Å². The molecular formula is C12H25NO. The van der Waals surface area contributed by atoms with Gasteiger partial charge in [0, 0.05) is 11.5 Å². The van der Waals surface area contributed by atoms with E-state index in [4.69, 9.17) is 0 Å². The maximum absolute atomic E-state index is 11.9. The van der Waals surface area contributed by atoms with E-state index in [1.165, 1.54) is 0 Å². The highest BCUT2D eigenvalue weighted by molar-refractivity contribution is 5.79. The van der Waals surface area contributed by atoms with Gasteiger partial charge in [0.1, 0.15) is 0 Å². The number of nitrogens with one attached hydrogen (secondary N) is 1. The van der Waals surface area contributed by atoms with Gasteiger partial charge in [0.15, 0.2) is 0 Å². The summed E-state index contributed by atoms with van der Waals surface area (Å²) in [5.74, 6) is 0.797. The van der Waals surface area contributed by atoms with E-state index in [9.17, 15) is 4.79 Å². The van der Waals surface area contributed by atoms with E-state index < -0.39 is 0 Å². The molecule has 1 atom stereocenters. The van der Waals surface area contributed by atoms with Gasteiger partial charge < -0.3 is 5.32 Å². The molecular weight excluding hydrogens is 174 g/mol. The van der Waals surface area contributed by atoms with Crippen molar-refractivity contribution < 1.29 is 4.79 Å². The number of rotatable bonds is 4. The quantitative estimate of drug-likeness (QED) is 0.741. The highest BCUT2D eigenvalue weighted by Crippen LogP contribution is 2.18. The molecule has 0 aliphatic heterocycles. The SMILES string of the molecule is CCCC(C(=O)NC(C)(C)C)C(C)C. The summed E-state index contributed by atoms with van der Waals surface area (Å²) >= 11 is 0. The first-order chi connectivity index (χ1) is 6.28. The minimum absolute atomic E-state index is 0.113. The maximum atomic E-state index is 11.9. The summed E-state index contributed by atoms with van der Waals surface area (Å²) < 4.78 is 0. The third-order valence-electron chi connectivity index (χ3n) is 2.24. The molecule has 0 aromatic carbocycles. The Labute approximate surface area is 88.5 Å². The topological polar surface area (TPSA) is 29.1 Å². The lowest BCUT2D eigenvalue weighted by atomic mass is 9.90. The van der Waals surface area contributed by atoms with Gasteiger partial charge in [-0.15, -0.1) is 0 Å². The van der Waals surface area contributed by atoms with E-state index in [-0.39, 0.29) is 17.4 Å². The van der Waals surface area contributed by atoms with Gasteiger partial charge in [-0.05, 0) is 33.1 Å². The van der Waals surface area contributed by atoms with Crippen LogP contribution in [0, 0.1) is 11.8 Å². The van der Waals surface area contributed by atoms with Gasteiger partial charge in [-0.25, -0.2) is 0 Å². The Morgan fingerprint density at radius 3 is 2.07 bits per heavy atom. The molecule has 0 saturated carbocycles. The van der Waals surface area contributed by atoms with Crippen LogP contribution in [0.5, 0.6) is 0 Å². The molecule has 14 heavy (non-hydrogen) atoms. The molecule has 0 bridgehead atoms. The Morgan fingerprint density at radius 1 is 1.29 bits per heavy atom. The number of hydrogen-bond donors (Lipinski definition) is 1. The van der Waals surface area contributed by atoms with Crippen molar-refractivity contribution in [2.75, 3.05) is 0 Å². The van der Waals surface area contributed by atoms with Crippen molar-refractivity contribution in [3.8, 4) is 0 Å². The summed E-state index contributed by atoms with van der Waals surface area (Å²) in [5, 5.41) is 3.05. The van der Waals surface area contributed by atoms with Crippen LogP contribution >= 0.6 is 0 Å². The second-order valence-electron chi connectivity index (χ2n) is 5.38. The fourth-order valence-corrected chi connectivity index (χ4v) is 1.54. The Hall–Kier alpha value is -0.530. The minimum atomic E-state index is -0.113. The zero-order chi connectivity index (χ0) is 11.4. The van der Waals surface area contributed by atoms with E-state index in [0.717, 1.165) is 12.8 Å². The van der Waals surface area contributed by atoms with Crippen LogP contribution in [0.15, 0.2) is 0 Å². The molecule has 0 aliphatic rings. The summed E-state index contributed by atoms with van der Waals surface area (Å²) in [6, 6.07) is 0. The van der Waals surface area contributed by atoms with Crippen molar-refractivity contribution in [1.82, 2.24) is 5.32 Å². The van der Waals surface area contributed by atoms with E-state index in [1.807, 2.05) is 20.8 Å². The first kappa shape index (κ1) is 13.5. The summed E-state index contributed by atoms with van der Waals surface area (Å²) in [7, 11) is 0. The van der Waals surface area contributed by atoms with Crippen molar-refractivity contribution in [2.24, 2.45) is 11.8 Å². The predicted octanol–water partition coefficient (Wildman–Crippen LogP) is 2.97. The molecule has 0 radical (unpaired) electrons. The van der Waals surface area contributed by atoms with E-state index in [2.05, 4.69) is 26.1 Å². The van der Waals surface area contributed by atoms with Crippen LogP contribution in [0.2, 0.25) is 0 Å². The molecule has 2 nitrogen and oxygen atoms in total. The average Bonchev–Trinajstić information content (AvgIpc) is 1.95. The molecule has 84 valence electrons. The molecule has 0 spiro atoms. The number of amides is 1. The van der Waals surface area contributed by atoms with Crippen molar-refractivity contribution in [3.05, 3.63) is 0 Å². The minimum Gasteiger partial charge on any atom is -0.351 e. The fraction of sp³-hybridized carbons (Fsp3) is 0.917. The van der Waals surface area contributed by atoms with Crippen molar-refractivity contribution in [1.29, 1.82) is 0 Å². The Kier molecular flexibility index (Phi) is 5.17. The van der Waals surface area contributed by atoms with Crippen LogP contribution < -0.4 is 5.32 Å². The van der Waals surface area contributed by atoms with Crippen molar-refractivity contribution in [2.45, 2.75) is 59.9 Å². The summed E-state index contributed by atoms with van der Waals surface area (Å²) in [4.78, 5) is 11.9. The largest absolute Gasteiger partial charge is 0.351 e. The molecule has 1 amide bonds. The number of carbonyl (C=O) groups is 1. The zero-order valence-corrected chi connectivity index (χ0v) is 10.5. The van der Waals surface area contributed by atoms with Crippen molar-refractivity contribution in [3.63, 3.8) is 0 Å². The Balaban J connectivity index is 4.30. The lowest BCUT2D eigenvalue weighted by molar-refractivity contribution is -0.128. The van der Waals surface area contributed by atoms with Crippen LogP contribution in [0.4, 0.5) is 0 Å². The highest BCUT2D eigenvalue weighted by Gasteiger charge is 2.24. The Bertz CT molecular complexity index is 179. The van der Waals surface area contributed by atoms with Crippen LogP contribution in [0.3, 0.4) is 0 Å². The van der Waals surface area contributed by atoms with Gasteiger partial charge in [-0.3, -0.25) is 4.79 Å². The normalized spacial score (nSPS) is 14.2. The lowest BCUT2D eigenvalue weighted by Crippen LogP contribution is -2.45. The second kappa shape index (κ2) is 5.38. The van der Waals surface area contributed by atoms with Gasteiger partial charge in [-0.1, -0.05) is 27.2 Å².